The molecule has 0 saturated heterocycles. The smallest absolute Gasteiger partial charge is 0.344 e. The molecule has 1 aromatic carbocycles. The van der Waals surface area contributed by atoms with Crippen LogP contribution < -0.4 is 10.5 Å². The summed E-state index contributed by atoms with van der Waals surface area (Å²) in [4.78, 5) is 40.3. The number of rotatable bonds is 8. The highest BCUT2D eigenvalue weighted by atomic mass is 16.6. The van der Waals surface area contributed by atoms with Crippen LogP contribution in [0.1, 0.15) is 28.5 Å². The summed E-state index contributed by atoms with van der Waals surface area (Å²) in [6, 6.07) is 11.2. The summed E-state index contributed by atoms with van der Waals surface area (Å²) in [5, 5.41) is 0.342. The van der Waals surface area contributed by atoms with Gasteiger partial charge in [-0.2, -0.15) is 0 Å². The van der Waals surface area contributed by atoms with Gasteiger partial charge in [-0.05, 0) is 25.5 Å². The molecule has 3 aromatic rings. The predicted octanol–water partition coefficient (Wildman–Crippen LogP) is 2.00. The number of nitrogens with two attached hydrogens (primary N) is 1. The van der Waals surface area contributed by atoms with Crippen LogP contribution in [-0.4, -0.2) is 40.4 Å². The van der Waals surface area contributed by atoms with Gasteiger partial charge in [-0.3, -0.25) is 9.59 Å². The molecule has 2 N–H and O–H groups in total. The lowest BCUT2D eigenvalue weighted by Gasteiger charge is -2.09. The number of ketones is 1. The third-order valence-electron chi connectivity index (χ3n) is 4.45. The highest BCUT2D eigenvalue weighted by Gasteiger charge is 2.27. The van der Waals surface area contributed by atoms with Gasteiger partial charge < -0.3 is 19.8 Å². The summed E-state index contributed by atoms with van der Waals surface area (Å²) < 4.78 is 12.3. The van der Waals surface area contributed by atoms with E-state index in [0.29, 0.717) is 23.3 Å². The van der Waals surface area contributed by atoms with Crippen molar-refractivity contribution < 1.29 is 23.9 Å². The number of amides is 1. The van der Waals surface area contributed by atoms with Gasteiger partial charge in [0, 0.05) is 18.4 Å². The molecule has 1 amide bonds. The second kappa shape index (κ2) is 8.55. The van der Waals surface area contributed by atoms with Crippen LogP contribution in [0.3, 0.4) is 0 Å². The topological polar surface area (TPSA) is 114 Å². The highest BCUT2D eigenvalue weighted by molar-refractivity contribution is 6.45. The number of nitrogens with zero attached hydrogens (tertiary/aromatic N) is 2. The zero-order valence-corrected chi connectivity index (χ0v) is 16.2. The van der Waals surface area contributed by atoms with Gasteiger partial charge in [0.2, 0.25) is 0 Å². The fourth-order valence-electron chi connectivity index (χ4n) is 3.17. The third-order valence-corrected chi connectivity index (χ3v) is 4.45. The molecule has 0 fully saturated rings. The van der Waals surface area contributed by atoms with Crippen LogP contribution in [0.5, 0.6) is 5.75 Å². The van der Waals surface area contributed by atoms with E-state index in [2.05, 4.69) is 4.98 Å². The molecule has 0 atom stereocenters. The van der Waals surface area contributed by atoms with Crippen LogP contribution in [0, 0.1) is 6.92 Å². The maximum atomic E-state index is 12.6. The Hall–Kier alpha value is -3.68. The molecule has 0 bridgehead atoms. The van der Waals surface area contributed by atoms with Crippen molar-refractivity contribution in [2.45, 2.75) is 20.4 Å². The van der Waals surface area contributed by atoms with Gasteiger partial charge in [-0.15, -0.1) is 0 Å². The summed E-state index contributed by atoms with van der Waals surface area (Å²) in [6.45, 7) is 3.74. The molecule has 0 aliphatic heterocycles. The molecule has 0 aliphatic carbocycles. The van der Waals surface area contributed by atoms with E-state index in [4.69, 9.17) is 15.2 Å². The predicted molar refractivity (Wildman–Crippen MR) is 106 cm³/mol. The molecule has 2 aromatic heterocycles. The number of esters is 1. The molecule has 8 nitrogen and oxygen atoms in total. The van der Waals surface area contributed by atoms with Gasteiger partial charge >= 0.3 is 5.97 Å². The zero-order chi connectivity index (χ0) is 21.0. The van der Waals surface area contributed by atoms with Crippen LogP contribution in [0.15, 0.2) is 42.6 Å². The average molecular weight is 395 g/mol. The summed E-state index contributed by atoms with van der Waals surface area (Å²) >= 11 is 0. The van der Waals surface area contributed by atoms with Crippen LogP contribution in [0.2, 0.25) is 0 Å². The van der Waals surface area contributed by atoms with Crippen LogP contribution in [-0.2, 0) is 20.9 Å². The summed E-state index contributed by atoms with van der Waals surface area (Å²) in [6.07, 6.45) is 1.52. The maximum Gasteiger partial charge on any atom is 0.344 e. The number of carbonyl (C=O) groups excluding carboxylic acids is 3. The van der Waals surface area contributed by atoms with E-state index in [-0.39, 0.29) is 24.5 Å². The van der Waals surface area contributed by atoms with Gasteiger partial charge in [0.15, 0.2) is 6.61 Å². The van der Waals surface area contributed by atoms with Crippen molar-refractivity contribution >= 4 is 28.7 Å². The number of hydrogen-bond acceptors (Lipinski definition) is 6. The van der Waals surface area contributed by atoms with Gasteiger partial charge in [0.05, 0.1) is 17.6 Å². The largest absolute Gasteiger partial charge is 0.481 e. The Morgan fingerprint density at radius 1 is 1.14 bits per heavy atom. The Labute approximate surface area is 167 Å². The summed E-state index contributed by atoms with van der Waals surface area (Å²) in [7, 11) is 0. The van der Waals surface area contributed by atoms with Gasteiger partial charge in [0.1, 0.15) is 11.4 Å². The first-order chi connectivity index (χ1) is 13.9. The Balaban J connectivity index is 2.14. The first-order valence-corrected chi connectivity index (χ1v) is 9.08. The summed E-state index contributed by atoms with van der Waals surface area (Å²) in [5.74, 6) is -2.21. The standard InChI is InChI=1S/C21H21N3O5/c1-3-28-16(25)12-29-15-9-10-23-21-18(15)17(19(26)20(22)27)13(2)24(21)11-14-7-5-4-6-8-14/h4-10H,3,11-12H2,1-2H3,(H2,22,27). The molecule has 0 saturated carbocycles. The quantitative estimate of drug-likeness (QED) is 0.355. The molecule has 3 rings (SSSR count). The Morgan fingerprint density at radius 2 is 1.86 bits per heavy atom. The number of benzene rings is 1. The monoisotopic (exact) mass is 395 g/mol. The van der Waals surface area contributed by atoms with E-state index in [1.165, 1.54) is 12.3 Å². The fraction of sp³-hybridized carbons (Fsp3) is 0.238. The number of aromatic nitrogens is 2. The van der Waals surface area contributed by atoms with E-state index >= 15 is 0 Å². The molecule has 0 spiro atoms. The lowest BCUT2D eigenvalue weighted by molar-refractivity contribution is -0.145. The van der Waals surface area contributed by atoms with Gasteiger partial charge in [-0.25, -0.2) is 9.78 Å². The molecule has 0 aliphatic rings. The number of pyridine rings is 1. The lowest BCUT2D eigenvalue weighted by Crippen LogP contribution is -2.24. The lowest BCUT2D eigenvalue weighted by atomic mass is 10.1. The third kappa shape index (κ3) is 4.11. The Morgan fingerprint density at radius 3 is 2.52 bits per heavy atom. The first kappa shape index (κ1) is 20.1. The SMILES string of the molecule is CCOC(=O)COc1ccnc2c1c(C(=O)C(N)=O)c(C)n2Cc1ccccc1. The van der Waals surface area contributed by atoms with E-state index in [1.807, 2.05) is 34.9 Å². The minimum absolute atomic E-state index is 0.121. The second-order valence-corrected chi connectivity index (χ2v) is 6.33. The van der Waals surface area contributed by atoms with Crippen molar-refractivity contribution in [2.24, 2.45) is 5.73 Å². The number of primary amides is 1. The van der Waals surface area contributed by atoms with Gasteiger partial charge in [0.25, 0.3) is 11.7 Å². The number of hydrogen-bond donors (Lipinski definition) is 1. The normalized spacial score (nSPS) is 10.7. The Bertz CT molecular complexity index is 1070. The maximum absolute atomic E-state index is 12.6. The van der Waals surface area contributed by atoms with Crippen LogP contribution in [0.25, 0.3) is 11.0 Å². The van der Waals surface area contributed by atoms with Crippen LogP contribution in [0.4, 0.5) is 0 Å². The van der Waals surface area contributed by atoms with E-state index in [1.54, 1.807) is 13.8 Å². The zero-order valence-electron chi connectivity index (χ0n) is 16.2. The number of fused-ring (bicyclic) bond motifs is 1. The molecule has 29 heavy (non-hydrogen) atoms. The number of ether oxygens (including phenoxy) is 2. The minimum Gasteiger partial charge on any atom is -0.481 e. The Kier molecular flexibility index (Phi) is 5.92. The molecule has 0 unspecified atom stereocenters. The number of carbonyl (C=O) groups is 3. The second-order valence-electron chi connectivity index (χ2n) is 6.33. The van der Waals surface area contributed by atoms with Crippen LogP contribution >= 0.6 is 0 Å². The van der Waals surface area contributed by atoms with E-state index < -0.39 is 17.7 Å². The van der Waals surface area contributed by atoms with E-state index in [0.717, 1.165) is 5.56 Å². The molecular weight excluding hydrogens is 374 g/mol. The minimum atomic E-state index is -1.08. The van der Waals surface area contributed by atoms with Crippen molar-refractivity contribution in [3.63, 3.8) is 0 Å². The van der Waals surface area contributed by atoms with Crippen molar-refractivity contribution in [3.8, 4) is 5.75 Å². The molecule has 150 valence electrons. The summed E-state index contributed by atoms with van der Waals surface area (Å²) in [5.41, 5.74) is 7.37. The van der Waals surface area contributed by atoms with Crippen molar-refractivity contribution in [2.75, 3.05) is 13.2 Å². The average Bonchev–Trinajstić information content (AvgIpc) is 2.99. The van der Waals surface area contributed by atoms with Crippen molar-refractivity contribution in [1.82, 2.24) is 9.55 Å². The van der Waals surface area contributed by atoms with E-state index in [9.17, 15) is 14.4 Å². The molecular formula is C21H21N3O5. The molecule has 0 radical (unpaired) electrons. The highest BCUT2D eigenvalue weighted by Crippen LogP contribution is 2.33. The van der Waals surface area contributed by atoms with Crippen molar-refractivity contribution in [3.05, 3.63) is 59.4 Å². The molecule has 2 heterocycles. The first-order valence-electron chi connectivity index (χ1n) is 9.08. The molecule has 8 heteroatoms. The fourth-order valence-corrected chi connectivity index (χ4v) is 3.17. The van der Waals surface area contributed by atoms with Gasteiger partial charge in [-0.1, -0.05) is 30.3 Å². The van der Waals surface area contributed by atoms with Crippen molar-refractivity contribution in [1.29, 1.82) is 0 Å². The number of Topliss-reactive ketones (excluding diaryl/α,β-unsaturated/α-hetero) is 1.